The van der Waals surface area contributed by atoms with Crippen LogP contribution in [0.2, 0.25) is 0 Å². The normalized spacial score (nSPS) is 10.8. The van der Waals surface area contributed by atoms with Gasteiger partial charge in [-0.1, -0.05) is 36.0 Å². The largest absolute Gasteiger partial charge is 0.260 e. The minimum Gasteiger partial charge on any atom is -0.260 e. The average molecular weight is 267 g/mol. The van der Waals surface area contributed by atoms with Gasteiger partial charge in [-0.15, -0.1) is 0 Å². The molecule has 0 saturated heterocycles. The lowest BCUT2D eigenvalue weighted by Gasteiger charge is -2.06. The maximum atomic E-state index is 4.54. The number of para-hydroxylation sites is 1. The summed E-state index contributed by atoms with van der Waals surface area (Å²) in [6.07, 6.45) is 1.82. The number of benzene rings is 1. The molecule has 0 spiro atoms. The summed E-state index contributed by atoms with van der Waals surface area (Å²) in [5.41, 5.74) is 2.06. The number of hydrogen-bond acceptors (Lipinski definition) is 4. The van der Waals surface area contributed by atoms with E-state index >= 15 is 0 Å². The van der Waals surface area contributed by atoms with Crippen molar-refractivity contribution in [1.29, 1.82) is 0 Å². The number of pyridine rings is 1. The van der Waals surface area contributed by atoms with Gasteiger partial charge in [0, 0.05) is 17.3 Å². The van der Waals surface area contributed by atoms with E-state index in [1.165, 1.54) is 0 Å². The van der Waals surface area contributed by atoms with Gasteiger partial charge in [0.2, 0.25) is 0 Å². The van der Waals surface area contributed by atoms with Crippen LogP contribution in [0.3, 0.4) is 0 Å². The van der Waals surface area contributed by atoms with Crippen molar-refractivity contribution in [2.45, 2.75) is 17.7 Å². The van der Waals surface area contributed by atoms with Gasteiger partial charge in [0.1, 0.15) is 10.9 Å². The van der Waals surface area contributed by atoms with Gasteiger partial charge in [-0.25, -0.2) is 9.97 Å². The topological polar surface area (TPSA) is 38.7 Å². The van der Waals surface area contributed by atoms with Crippen LogP contribution >= 0.6 is 11.8 Å². The summed E-state index contributed by atoms with van der Waals surface area (Å²) in [6, 6.07) is 14.1. The molecule has 2 aromatic heterocycles. The van der Waals surface area contributed by atoms with E-state index in [4.69, 9.17) is 0 Å². The smallest absolute Gasteiger partial charge is 0.127 e. The van der Waals surface area contributed by atoms with Crippen molar-refractivity contribution in [2.75, 3.05) is 0 Å². The van der Waals surface area contributed by atoms with Crippen molar-refractivity contribution in [3.8, 4) is 0 Å². The zero-order chi connectivity index (χ0) is 13.1. The van der Waals surface area contributed by atoms with Crippen LogP contribution in [0.1, 0.15) is 11.5 Å². The van der Waals surface area contributed by atoms with Crippen LogP contribution in [-0.2, 0) is 5.75 Å². The third-order valence-electron chi connectivity index (χ3n) is 2.76. The van der Waals surface area contributed by atoms with E-state index in [1.807, 2.05) is 49.5 Å². The predicted molar refractivity (Wildman–Crippen MR) is 78.1 cm³/mol. The molecule has 0 radical (unpaired) electrons. The van der Waals surface area contributed by atoms with Crippen molar-refractivity contribution >= 4 is 22.7 Å². The molecule has 19 heavy (non-hydrogen) atoms. The Bertz CT molecular complexity index is 698. The summed E-state index contributed by atoms with van der Waals surface area (Å²) >= 11 is 1.70. The van der Waals surface area contributed by atoms with Gasteiger partial charge in [0.15, 0.2) is 0 Å². The van der Waals surface area contributed by atoms with Crippen molar-refractivity contribution in [3.63, 3.8) is 0 Å². The Kier molecular flexibility index (Phi) is 3.42. The minimum absolute atomic E-state index is 0.808. The Labute approximate surface area is 116 Å². The molecule has 0 unspecified atom stereocenters. The summed E-state index contributed by atoms with van der Waals surface area (Å²) in [5.74, 6) is 1.63. The molecular weight excluding hydrogens is 254 g/mol. The first-order valence-corrected chi connectivity index (χ1v) is 7.07. The molecule has 3 nitrogen and oxygen atoms in total. The van der Waals surface area contributed by atoms with Gasteiger partial charge in [-0.05, 0) is 25.1 Å². The van der Waals surface area contributed by atoms with Crippen LogP contribution < -0.4 is 0 Å². The van der Waals surface area contributed by atoms with Crippen LogP contribution in [0.15, 0.2) is 53.7 Å². The fraction of sp³-hybridized carbons (Fsp3) is 0.133. The molecule has 0 aliphatic rings. The predicted octanol–water partition coefficient (Wildman–Crippen LogP) is 3.63. The highest BCUT2D eigenvalue weighted by molar-refractivity contribution is 7.98. The maximum Gasteiger partial charge on any atom is 0.127 e. The Hall–Kier alpha value is -1.94. The first-order chi connectivity index (χ1) is 9.33. The van der Waals surface area contributed by atoms with Gasteiger partial charge < -0.3 is 0 Å². The number of hydrogen-bond donors (Lipinski definition) is 0. The molecule has 0 saturated carbocycles. The molecule has 0 amide bonds. The van der Waals surface area contributed by atoms with Crippen molar-refractivity contribution < 1.29 is 0 Å². The van der Waals surface area contributed by atoms with E-state index in [2.05, 4.69) is 21.0 Å². The summed E-state index contributed by atoms with van der Waals surface area (Å²) in [4.78, 5) is 13.3. The molecule has 3 aromatic rings. The van der Waals surface area contributed by atoms with Crippen LogP contribution in [0.4, 0.5) is 0 Å². The Morgan fingerprint density at radius 2 is 1.84 bits per heavy atom. The number of fused-ring (bicyclic) bond motifs is 1. The summed E-state index contributed by atoms with van der Waals surface area (Å²) < 4.78 is 0. The lowest BCUT2D eigenvalue weighted by molar-refractivity contribution is 1.01. The lowest BCUT2D eigenvalue weighted by Crippen LogP contribution is -1.93. The van der Waals surface area contributed by atoms with Crippen molar-refractivity contribution in [3.05, 3.63) is 60.2 Å². The lowest BCUT2D eigenvalue weighted by atomic mass is 10.2. The molecule has 0 aliphatic heterocycles. The van der Waals surface area contributed by atoms with E-state index in [0.717, 1.165) is 33.2 Å². The maximum absolute atomic E-state index is 4.54. The molecule has 0 fully saturated rings. The number of aryl methyl sites for hydroxylation is 1. The Balaban J connectivity index is 1.92. The van der Waals surface area contributed by atoms with Gasteiger partial charge in [-0.2, -0.15) is 0 Å². The highest BCUT2D eigenvalue weighted by Gasteiger charge is 2.06. The first kappa shape index (κ1) is 12.1. The zero-order valence-electron chi connectivity index (χ0n) is 10.6. The fourth-order valence-electron chi connectivity index (χ4n) is 1.89. The van der Waals surface area contributed by atoms with Gasteiger partial charge in [0.05, 0.1) is 11.2 Å². The third-order valence-corrected chi connectivity index (χ3v) is 3.79. The quantitative estimate of drug-likeness (QED) is 0.536. The SMILES string of the molecule is Cc1nc(SCc2ccccn2)c2ccccc2n1. The average Bonchev–Trinajstić information content (AvgIpc) is 2.45. The zero-order valence-corrected chi connectivity index (χ0v) is 11.4. The second kappa shape index (κ2) is 5.36. The summed E-state index contributed by atoms with van der Waals surface area (Å²) in [6.45, 7) is 1.93. The van der Waals surface area contributed by atoms with E-state index in [1.54, 1.807) is 11.8 Å². The monoisotopic (exact) mass is 267 g/mol. The molecule has 0 bridgehead atoms. The molecule has 2 heterocycles. The molecule has 4 heteroatoms. The Morgan fingerprint density at radius 1 is 1.00 bits per heavy atom. The molecule has 0 N–H and O–H groups in total. The van der Waals surface area contributed by atoms with Gasteiger partial charge in [0.25, 0.3) is 0 Å². The molecule has 3 rings (SSSR count). The van der Waals surface area contributed by atoms with Crippen LogP contribution in [0.25, 0.3) is 10.9 Å². The summed E-state index contributed by atoms with van der Waals surface area (Å²) in [5, 5.41) is 2.13. The number of thioether (sulfide) groups is 1. The second-order valence-corrected chi connectivity index (χ2v) is 5.17. The molecule has 0 atom stereocenters. The highest BCUT2D eigenvalue weighted by Crippen LogP contribution is 2.27. The fourth-order valence-corrected chi connectivity index (χ4v) is 2.87. The standard InChI is InChI=1S/C15H13N3S/c1-11-17-14-8-3-2-7-13(14)15(18-11)19-10-12-6-4-5-9-16-12/h2-9H,10H2,1H3. The Morgan fingerprint density at radius 3 is 2.68 bits per heavy atom. The number of aromatic nitrogens is 3. The van der Waals surface area contributed by atoms with Crippen LogP contribution in [0, 0.1) is 6.92 Å². The van der Waals surface area contributed by atoms with Gasteiger partial charge in [-0.3, -0.25) is 4.98 Å². The van der Waals surface area contributed by atoms with Gasteiger partial charge >= 0.3 is 0 Å². The van der Waals surface area contributed by atoms with E-state index in [9.17, 15) is 0 Å². The van der Waals surface area contributed by atoms with Crippen LogP contribution in [-0.4, -0.2) is 15.0 Å². The van der Waals surface area contributed by atoms with E-state index < -0.39 is 0 Å². The minimum atomic E-state index is 0.808. The molecule has 0 aliphatic carbocycles. The molecule has 1 aromatic carbocycles. The van der Waals surface area contributed by atoms with Crippen LogP contribution in [0.5, 0.6) is 0 Å². The molecular formula is C15H13N3S. The summed E-state index contributed by atoms with van der Waals surface area (Å²) in [7, 11) is 0. The first-order valence-electron chi connectivity index (χ1n) is 6.09. The third kappa shape index (κ3) is 2.74. The number of rotatable bonds is 3. The second-order valence-electron chi connectivity index (χ2n) is 4.20. The van der Waals surface area contributed by atoms with Crippen molar-refractivity contribution in [2.24, 2.45) is 0 Å². The van der Waals surface area contributed by atoms with Crippen molar-refractivity contribution in [1.82, 2.24) is 15.0 Å². The van der Waals surface area contributed by atoms with E-state index in [0.29, 0.717) is 0 Å². The molecule has 94 valence electrons. The highest BCUT2D eigenvalue weighted by atomic mass is 32.2. The van der Waals surface area contributed by atoms with E-state index in [-0.39, 0.29) is 0 Å². The number of nitrogens with zero attached hydrogens (tertiary/aromatic N) is 3.